The van der Waals surface area contributed by atoms with E-state index in [9.17, 15) is 4.79 Å². The van der Waals surface area contributed by atoms with Crippen LogP contribution >= 0.6 is 0 Å². The number of amides is 1. The van der Waals surface area contributed by atoms with Gasteiger partial charge in [0.05, 0.1) is 6.04 Å². The minimum atomic E-state index is -0.185. The fourth-order valence-corrected chi connectivity index (χ4v) is 5.10. The topological polar surface area (TPSA) is 76.2 Å². The molecule has 5 rings (SSSR count). The molecule has 1 aliphatic carbocycles. The van der Waals surface area contributed by atoms with Crippen molar-refractivity contribution in [3.63, 3.8) is 0 Å². The molecule has 3 aliphatic rings. The molecule has 0 bridgehead atoms. The normalized spacial score (nSPS) is 18.7. The Morgan fingerprint density at radius 2 is 2.00 bits per heavy atom. The fourth-order valence-electron chi connectivity index (χ4n) is 5.10. The molecule has 1 unspecified atom stereocenters. The van der Waals surface area contributed by atoms with Gasteiger partial charge in [0.15, 0.2) is 5.76 Å². The van der Waals surface area contributed by atoms with Crippen molar-refractivity contribution in [1.82, 2.24) is 20.1 Å². The van der Waals surface area contributed by atoms with E-state index in [4.69, 9.17) is 14.2 Å². The predicted molar refractivity (Wildman–Crippen MR) is 150 cm³/mol. The summed E-state index contributed by atoms with van der Waals surface area (Å²) in [5.74, 6) is 1.62. The third-order valence-electron chi connectivity index (χ3n) is 7.16. The van der Waals surface area contributed by atoms with E-state index in [2.05, 4.69) is 38.3 Å². The van der Waals surface area contributed by atoms with E-state index in [-0.39, 0.29) is 11.9 Å². The maximum atomic E-state index is 13.0. The highest BCUT2D eigenvalue weighted by Gasteiger charge is 2.28. The molecule has 204 valence electrons. The van der Waals surface area contributed by atoms with Crippen molar-refractivity contribution in [3.05, 3.63) is 103 Å². The summed E-state index contributed by atoms with van der Waals surface area (Å²) in [6.45, 7) is 5.13. The van der Waals surface area contributed by atoms with Gasteiger partial charge in [0, 0.05) is 38.9 Å². The van der Waals surface area contributed by atoms with Crippen molar-refractivity contribution in [2.24, 2.45) is 0 Å². The van der Waals surface area contributed by atoms with Crippen molar-refractivity contribution in [1.29, 1.82) is 0 Å². The van der Waals surface area contributed by atoms with Gasteiger partial charge in [-0.15, -0.1) is 0 Å². The van der Waals surface area contributed by atoms with Crippen LogP contribution in [-0.4, -0.2) is 66.0 Å². The predicted octanol–water partition coefficient (Wildman–Crippen LogP) is 5.01. The minimum absolute atomic E-state index is 0.140. The van der Waals surface area contributed by atoms with E-state index in [1.807, 2.05) is 30.3 Å². The van der Waals surface area contributed by atoms with Gasteiger partial charge in [-0.25, -0.2) is 4.98 Å². The van der Waals surface area contributed by atoms with Crippen molar-refractivity contribution in [2.45, 2.75) is 31.7 Å². The molecule has 1 aromatic carbocycles. The molecule has 39 heavy (non-hydrogen) atoms. The number of rotatable bonds is 10. The average molecular weight is 529 g/mol. The Kier molecular flexibility index (Phi) is 9.44. The van der Waals surface area contributed by atoms with Crippen LogP contribution in [-0.2, 0) is 9.47 Å². The lowest BCUT2D eigenvalue weighted by Gasteiger charge is -2.33. The molecule has 1 amide bonds. The van der Waals surface area contributed by atoms with E-state index < -0.39 is 0 Å². The van der Waals surface area contributed by atoms with Crippen molar-refractivity contribution >= 4 is 5.91 Å². The average Bonchev–Trinajstić information content (AvgIpc) is 3.23. The first-order valence-corrected chi connectivity index (χ1v) is 13.7. The van der Waals surface area contributed by atoms with Crippen LogP contribution in [0.15, 0.2) is 97.0 Å². The van der Waals surface area contributed by atoms with Gasteiger partial charge in [0.1, 0.15) is 30.1 Å². The highest BCUT2D eigenvalue weighted by molar-refractivity contribution is 5.96. The second-order valence-electron chi connectivity index (χ2n) is 9.82. The van der Waals surface area contributed by atoms with Gasteiger partial charge in [0.2, 0.25) is 5.88 Å². The van der Waals surface area contributed by atoms with Gasteiger partial charge in [-0.05, 0) is 56.5 Å². The number of pyridine rings is 1. The third kappa shape index (κ3) is 7.59. The number of nitrogens with zero attached hydrogens (tertiary/aromatic N) is 3. The second kappa shape index (κ2) is 13.8. The van der Waals surface area contributed by atoms with Gasteiger partial charge >= 0.3 is 0 Å². The Labute approximate surface area is 230 Å². The molecule has 3 heterocycles. The molecular formula is C31H36N4O4. The molecule has 8 nitrogen and oxygen atoms in total. The zero-order valence-electron chi connectivity index (χ0n) is 22.2. The lowest BCUT2D eigenvalue weighted by molar-refractivity contribution is 0.0945. The third-order valence-corrected chi connectivity index (χ3v) is 7.16. The monoisotopic (exact) mass is 528 g/mol. The Bertz CT molecular complexity index is 1220. The van der Waals surface area contributed by atoms with E-state index in [0.717, 1.165) is 64.2 Å². The van der Waals surface area contributed by atoms with Crippen molar-refractivity contribution in [2.75, 3.05) is 39.3 Å². The van der Waals surface area contributed by atoms with E-state index >= 15 is 0 Å². The summed E-state index contributed by atoms with van der Waals surface area (Å²) in [6, 6.07) is 13.0. The summed E-state index contributed by atoms with van der Waals surface area (Å²) in [4.78, 5) is 22.2. The summed E-state index contributed by atoms with van der Waals surface area (Å²) >= 11 is 0. The number of carbonyl (C=O) groups is 1. The summed E-state index contributed by atoms with van der Waals surface area (Å²) < 4.78 is 17.2. The Hall–Kier alpha value is -3.88. The molecule has 2 aromatic rings. The van der Waals surface area contributed by atoms with Crippen LogP contribution in [0.3, 0.4) is 0 Å². The molecule has 1 atom stereocenters. The van der Waals surface area contributed by atoms with Crippen LogP contribution in [0.25, 0.3) is 0 Å². The Balaban J connectivity index is 1.14. The van der Waals surface area contributed by atoms with Crippen LogP contribution < -0.4 is 10.1 Å². The molecular weight excluding hydrogens is 492 g/mol. The summed E-state index contributed by atoms with van der Waals surface area (Å²) in [7, 11) is 0. The van der Waals surface area contributed by atoms with Gasteiger partial charge in [0.25, 0.3) is 5.91 Å². The van der Waals surface area contributed by atoms with Crippen molar-refractivity contribution in [3.8, 4) is 11.6 Å². The molecule has 2 aliphatic heterocycles. The van der Waals surface area contributed by atoms with Gasteiger partial charge in [-0.1, -0.05) is 42.0 Å². The number of aromatic nitrogens is 1. The summed E-state index contributed by atoms with van der Waals surface area (Å²) in [5, 5.41) is 3.05. The quantitative estimate of drug-likeness (QED) is 0.465. The van der Waals surface area contributed by atoms with Crippen LogP contribution in [0.5, 0.6) is 11.6 Å². The molecule has 0 spiro atoms. The lowest BCUT2D eigenvalue weighted by Crippen LogP contribution is -2.41. The van der Waals surface area contributed by atoms with Gasteiger partial charge in [-0.2, -0.15) is 0 Å². The standard InChI is InChI=1S/C31H36N4O4/c36-30(27-13-7-14-33-31(27)39-26-11-5-2-6-12-26)32-15-18-34-16-8-17-35(20-19-34)28(29-24-37-21-22-38-29)23-25-9-3-1-4-10-25/h1-3,5-7,9,11-14,21-22,24,28H,4,8,10,15-20,23H2,(H,32,36). The Morgan fingerprint density at radius 1 is 1.08 bits per heavy atom. The van der Waals surface area contributed by atoms with Gasteiger partial charge < -0.3 is 24.4 Å². The first-order valence-electron chi connectivity index (χ1n) is 13.7. The molecule has 8 heteroatoms. The van der Waals surface area contributed by atoms with E-state index in [1.165, 1.54) is 5.57 Å². The number of para-hydroxylation sites is 1. The first kappa shape index (κ1) is 26.7. The maximum absolute atomic E-state index is 13.0. The number of carbonyl (C=O) groups excluding carboxylic acids is 1. The van der Waals surface area contributed by atoms with E-state index in [1.54, 1.807) is 37.1 Å². The molecule has 1 fully saturated rings. The Morgan fingerprint density at radius 3 is 2.82 bits per heavy atom. The molecule has 0 radical (unpaired) electrons. The number of nitrogens with one attached hydrogen (secondary N) is 1. The second-order valence-corrected chi connectivity index (χ2v) is 9.82. The number of hydrogen-bond donors (Lipinski definition) is 1. The molecule has 0 saturated carbocycles. The summed E-state index contributed by atoms with van der Waals surface area (Å²) in [5.41, 5.74) is 1.87. The smallest absolute Gasteiger partial charge is 0.256 e. The van der Waals surface area contributed by atoms with E-state index in [0.29, 0.717) is 23.7 Å². The van der Waals surface area contributed by atoms with Crippen molar-refractivity contribution < 1.29 is 19.0 Å². The number of allylic oxidation sites excluding steroid dienone is 3. The zero-order valence-corrected chi connectivity index (χ0v) is 22.2. The highest BCUT2D eigenvalue weighted by atomic mass is 16.5. The molecule has 1 N–H and O–H groups in total. The SMILES string of the molecule is O=C(NCCN1CCCN(C(CC2=CC=CCC2)C2=COC=CO2)CC1)c1cccnc1Oc1ccccc1. The van der Waals surface area contributed by atoms with Crippen LogP contribution in [0.4, 0.5) is 0 Å². The molecule has 1 aromatic heterocycles. The largest absolute Gasteiger partial charge is 0.466 e. The van der Waals surface area contributed by atoms with Gasteiger partial charge in [-0.3, -0.25) is 9.69 Å². The number of benzene rings is 1. The zero-order chi connectivity index (χ0) is 26.7. The summed E-state index contributed by atoms with van der Waals surface area (Å²) in [6.07, 6.45) is 17.3. The van der Waals surface area contributed by atoms with Crippen LogP contribution in [0.2, 0.25) is 0 Å². The number of ether oxygens (including phenoxy) is 3. The first-order chi connectivity index (χ1) is 19.3. The lowest BCUT2D eigenvalue weighted by atomic mass is 9.96. The fraction of sp³-hybridized carbons (Fsp3) is 0.355. The van der Waals surface area contributed by atoms with Crippen LogP contribution in [0, 0.1) is 0 Å². The number of hydrogen-bond acceptors (Lipinski definition) is 7. The van der Waals surface area contributed by atoms with Crippen LogP contribution in [0.1, 0.15) is 36.0 Å². The molecule has 1 saturated heterocycles. The maximum Gasteiger partial charge on any atom is 0.256 e. The highest BCUT2D eigenvalue weighted by Crippen LogP contribution is 2.27. The minimum Gasteiger partial charge on any atom is -0.466 e.